The van der Waals surface area contributed by atoms with Crippen molar-refractivity contribution in [2.45, 2.75) is 25.8 Å². The number of pyridine rings is 1. The number of rotatable bonds is 2. The van der Waals surface area contributed by atoms with Gasteiger partial charge in [0.15, 0.2) is 0 Å². The van der Waals surface area contributed by atoms with Gasteiger partial charge in [-0.25, -0.2) is 4.98 Å². The van der Waals surface area contributed by atoms with Gasteiger partial charge in [-0.05, 0) is 47.3 Å². The smallest absolute Gasteiger partial charge is 0.140 e. The summed E-state index contributed by atoms with van der Waals surface area (Å²) in [6, 6.07) is 2.46. The van der Waals surface area contributed by atoms with Crippen molar-refractivity contribution in [1.29, 1.82) is 0 Å². The number of anilines is 1. The lowest BCUT2D eigenvalue weighted by molar-refractivity contribution is 0.0875. The highest BCUT2D eigenvalue weighted by molar-refractivity contribution is 9.10. The van der Waals surface area contributed by atoms with Crippen LogP contribution in [0.5, 0.6) is 0 Å². The van der Waals surface area contributed by atoms with Crippen molar-refractivity contribution in [2.24, 2.45) is 0 Å². The number of hydrogen-bond acceptors (Lipinski definition) is 3. The molecule has 2 heterocycles. The fourth-order valence-electron chi connectivity index (χ4n) is 1.69. The van der Waals surface area contributed by atoms with Crippen molar-refractivity contribution < 1.29 is 4.74 Å². The van der Waals surface area contributed by atoms with Crippen molar-refractivity contribution in [3.63, 3.8) is 0 Å². The van der Waals surface area contributed by atoms with Crippen LogP contribution in [0.4, 0.5) is 5.82 Å². The van der Waals surface area contributed by atoms with E-state index >= 15 is 0 Å². The van der Waals surface area contributed by atoms with Crippen LogP contribution in [0.2, 0.25) is 0 Å². The molecule has 1 saturated heterocycles. The van der Waals surface area contributed by atoms with Crippen molar-refractivity contribution in [3.05, 3.63) is 22.3 Å². The molecule has 3 nitrogen and oxygen atoms in total. The van der Waals surface area contributed by atoms with Crippen LogP contribution >= 0.6 is 15.9 Å². The molecule has 4 heteroatoms. The highest BCUT2D eigenvalue weighted by atomic mass is 79.9. The minimum Gasteiger partial charge on any atom is -0.379 e. The Labute approximate surface area is 98.4 Å². The molecule has 0 bridgehead atoms. The van der Waals surface area contributed by atoms with Crippen LogP contribution in [0.15, 0.2) is 16.7 Å². The van der Waals surface area contributed by atoms with Gasteiger partial charge in [0.25, 0.3) is 0 Å². The molecule has 0 aromatic carbocycles. The Morgan fingerprint density at radius 3 is 3.13 bits per heavy atom. The number of nitrogens with zero attached hydrogens (tertiary/aromatic N) is 1. The maximum Gasteiger partial charge on any atom is 0.140 e. The third kappa shape index (κ3) is 2.92. The summed E-state index contributed by atoms with van der Waals surface area (Å²) in [4.78, 5) is 4.36. The first-order chi connectivity index (χ1) is 7.25. The van der Waals surface area contributed by atoms with E-state index in [1.165, 1.54) is 0 Å². The molecular formula is C11H15BrN2O. The molecule has 1 atom stereocenters. The zero-order valence-electron chi connectivity index (χ0n) is 8.79. The summed E-state index contributed by atoms with van der Waals surface area (Å²) in [6.07, 6.45) is 4.15. The van der Waals surface area contributed by atoms with E-state index in [1.807, 2.05) is 13.1 Å². The lowest BCUT2D eigenvalue weighted by Gasteiger charge is -2.24. The molecule has 0 radical (unpaired) electrons. The quantitative estimate of drug-likeness (QED) is 0.898. The summed E-state index contributed by atoms with van der Waals surface area (Å²) in [5.74, 6) is 0.913. The van der Waals surface area contributed by atoms with Gasteiger partial charge in [0.05, 0.1) is 17.1 Å². The average molecular weight is 271 g/mol. The van der Waals surface area contributed by atoms with Gasteiger partial charge in [-0.3, -0.25) is 0 Å². The van der Waals surface area contributed by atoms with E-state index in [9.17, 15) is 0 Å². The van der Waals surface area contributed by atoms with Gasteiger partial charge >= 0.3 is 0 Å². The number of aryl methyl sites for hydroxylation is 1. The molecule has 1 aromatic heterocycles. The first-order valence-corrected chi connectivity index (χ1v) is 6.01. The van der Waals surface area contributed by atoms with Crippen LogP contribution in [0.1, 0.15) is 18.4 Å². The van der Waals surface area contributed by atoms with Crippen LogP contribution in [-0.2, 0) is 4.74 Å². The van der Waals surface area contributed by atoms with Crippen molar-refractivity contribution >= 4 is 21.7 Å². The number of nitrogens with one attached hydrogen (secondary N) is 1. The molecule has 1 fully saturated rings. The summed E-state index contributed by atoms with van der Waals surface area (Å²) in [7, 11) is 0. The van der Waals surface area contributed by atoms with Crippen molar-refractivity contribution in [3.8, 4) is 0 Å². The Kier molecular flexibility index (Phi) is 3.59. The summed E-state index contributed by atoms with van der Waals surface area (Å²) in [5, 5.41) is 3.39. The Balaban J connectivity index is 2.03. The van der Waals surface area contributed by atoms with E-state index in [0.717, 1.165) is 41.9 Å². The van der Waals surface area contributed by atoms with Crippen LogP contribution in [0, 0.1) is 6.92 Å². The number of hydrogen-bond donors (Lipinski definition) is 1. The van der Waals surface area contributed by atoms with Gasteiger partial charge in [-0.2, -0.15) is 0 Å². The molecule has 82 valence electrons. The molecule has 1 unspecified atom stereocenters. The molecule has 1 N–H and O–H groups in total. The van der Waals surface area contributed by atoms with Gasteiger partial charge in [-0.15, -0.1) is 0 Å². The van der Waals surface area contributed by atoms with E-state index in [1.54, 1.807) is 0 Å². The van der Waals surface area contributed by atoms with Crippen LogP contribution in [0.25, 0.3) is 0 Å². The SMILES string of the molecule is Cc1cnc(NC2CCCOC2)c(Br)c1. The van der Waals surface area contributed by atoms with Gasteiger partial charge in [0.2, 0.25) is 0 Å². The zero-order chi connectivity index (χ0) is 10.7. The summed E-state index contributed by atoms with van der Waals surface area (Å²) < 4.78 is 6.43. The molecular weight excluding hydrogens is 256 g/mol. The van der Waals surface area contributed by atoms with Gasteiger partial charge in [-0.1, -0.05) is 0 Å². The second kappa shape index (κ2) is 4.94. The zero-order valence-corrected chi connectivity index (χ0v) is 10.4. The highest BCUT2D eigenvalue weighted by Crippen LogP contribution is 2.22. The molecule has 1 aromatic rings. The molecule has 1 aliphatic heterocycles. The Morgan fingerprint density at radius 1 is 1.60 bits per heavy atom. The molecule has 1 aliphatic rings. The number of ether oxygens (including phenoxy) is 1. The Hall–Kier alpha value is -0.610. The van der Waals surface area contributed by atoms with Crippen molar-refractivity contribution in [2.75, 3.05) is 18.5 Å². The maximum absolute atomic E-state index is 5.41. The highest BCUT2D eigenvalue weighted by Gasteiger charge is 2.14. The maximum atomic E-state index is 5.41. The van der Waals surface area contributed by atoms with Gasteiger partial charge in [0.1, 0.15) is 5.82 Å². The van der Waals surface area contributed by atoms with Crippen molar-refractivity contribution in [1.82, 2.24) is 4.98 Å². The van der Waals surface area contributed by atoms with Crippen LogP contribution in [-0.4, -0.2) is 24.2 Å². The van der Waals surface area contributed by atoms with Gasteiger partial charge in [0, 0.05) is 12.8 Å². The number of aromatic nitrogens is 1. The predicted molar refractivity (Wildman–Crippen MR) is 64.1 cm³/mol. The normalized spacial score (nSPS) is 21.3. The standard InChI is InChI=1S/C11H15BrN2O/c1-8-5-10(12)11(13-6-8)14-9-3-2-4-15-7-9/h5-6,9H,2-4,7H2,1H3,(H,13,14). The van der Waals surface area contributed by atoms with Crippen LogP contribution in [0.3, 0.4) is 0 Å². The lowest BCUT2D eigenvalue weighted by atomic mass is 10.1. The summed E-state index contributed by atoms with van der Waals surface area (Å²) >= 11 is 3.51. The largest absolute Gasteiger partial charge is 0.379 e. The fraction of sp³-hybridized carbons (Fsp3) is 0.545. The Bertz CT molecular complexity index is 337. The van der Waals surface area contributed by atoms with E-state index in [4.69, 9.17) is 4.74 Å². The van der Waals surface area contributed by atoms with Crippen LogP contribution < -0.4 is 5.32 Å². The first-order valence-electron chi connectivity index (χ1n) is 5.22. The third-order valence-electron chi connectivity index (χ3n) is 2.48. The second-order valence-electron chi connectivity index (χ2n) is 3.90. The van der Waals surface area contributed by atoms with E-state index in [0.29, 0.717) is 6.04 Å². The average Bonchev–Trinajstić information content (AvgIpc) is 2.24. The number of halogens is 1. The van der Waals surface area contributed by atoms with E-state index < -0.39 is 0 Å². The third-order valence-corrected chi connectivity index (χ3v) is 3.08. The molecule has 0 amide bonds. The Morgan fingerprint density at radius 2 is 2.47 bits per heavy atom. The fourth-order valence-corrected chi connectivity index (χ4v) is 2.27. The predicted octanol–water partition coefficient (Wildman–Crippen LogP) is 2.74. The summed E-state index contributed by atoms with van der Waals surface area (Å²) in [6.45, 7) is 3.70. The second-order valence-corrected chi connectivity index (χ2v) is 4.76. The monoisotopic (exact) mass is 270 g/mol. The lowest BCUT2D eigenvalue weighted by Crippen LogP contribution is -2.30. The molecule has 0 aliphatic carbocycles. The van der Waals surface area contributed by atoms with E-state index in [-0.39, 0.29) is 0 Å². The van der Waals surface area contributed by atoms with E-state index in [2.05, 4.69) is 32.3 Å². The molecule has 0 saturated carbocycles. The minimum atomic E-state index is 0.394. The van der Waals surface area contributed by atoms with Gasteiger partial charge < -0.3 is 10.1 Å². The molecule has 2 rings (SSSR count). The first kappa shape index (κ1) is 10.9. The minimum absolute atomic E-state index is 0.394. The summed E-state index contributed by atoms with van der Waals surface area (Å²) in [5.41, 5.74) is 1.16. The topological polar surface area (TPSA) is 34.2 Å². The molecule has 15 heavy (non-hydrogen) atoms. The molecule has 0 spiro atoms.